The van der Waals surface area contributed by atoms with Gasteiger partial charge in [0.05, 0.1) is 5.69 Å². The van der Waals surface area contributed by atoms with E-state index in [0.29, 0.717) is 17.3 Å². The number of hydrogen-bond donors (Lipinski definition) is 2. The summed E-state index contributed by atoms with van der Waals surface area (Å²) >= 11 is 0. The first kappa shape index (κ1) is 15.3. The summed E-state index contributed by atoms with van der Waals surface area (Å²) in [5.41, 5.74) is 2.91. The van der Waals surface area contributed by atoms with Crippen molar-refractivity contribution in [1.82, 2.24) is 15.2 Å². The van der Waals surface area contributed by atoms with Crippen LogP contribution in [0.2, 0.25) is 0 Å². The van der Waals surface area contributed by atoms with Gasteiger partial charge in [0.1, 0.15) is 10.6 Å². The summed E-state index contributed by atoms with van der Waals surface area (Å²) in [6, 6.07) is 6.93. The quantitative estimate of drug-likeness (QED) is 0.765. The van der Waals surface area contributed by atoms with Crippen LogP contribution in [0, 0.1) is 20.8 Å². The van der Waals surface area contributed by atoms with Crippen molar-refractivity contribution < 1.29 is 12.8 Å². The Morgan fingerprint density at radius 1 is 1.17 bits per heavy atom. The molecule has 1 aromatic carbocycles. The van der Waals surface area contributed by atoms with Crippen LogP contribution < -0.4 is 4.72 Å². The van der Waals surface area contributed by atoms with Crippen molar-refractivity contribution in [3.8, 4) is 11.6 Å². The van der Waals surface area contributed by atoms with Gasteiger partial charge in [-0.25, -0.2) is 8.42 Å². The highest BCUT2D eigenvalue weighted by atomic mass is 32.2. The molecule has 0 atom stereocenters. The van der Waals surface area contributed by atoms with Crippen LogP contribution in [0.3, 0.4) is 0 Å². The van der Waals surface area contributed by atoms with Crippen LogP contribution in [-0.4, -0.2) is 23.6 Å². The minimum atomic E-state index is -3.70. The number of aromatic nitrogens is 3. The number of sulfonamides is 1. The van der Waals surface area contributed by atoms with Gasteiger partial charge < -0.3 is 9.40 Å². The maximum absolute atomic E-state index is 12.5. The highest BCUT2D eigenvalue weighted by molar-refractivity contribution is 7.92. The second kappa shape index (κ2) is 5.54. The monoisotopic (exact) mass is 332 g/mol. The van der Waals surface area contributed by atoms with E-state index in [0.717, 1.165) is 11.1 Å². The maximum atomic E-state index is 12.5. The van der Waals surface area contributed by atoms with Gasteiger partial charge in [0, 0.05) is 13.1 Å². The van der Waals surface area contributed by atoms with Crippen molar-refractivity contribution in [3.05, 3.63) is 47.5 Å². The number of anilines is 1. The van der Waals surface area contributed by atoms with E-state index in [1.807, 2.05) is 26.0 Å². The van der Waals surface area contributed by atoms with E-state index in [4.69, 9.17) is 4.42 Å². The lowest BCUT2D eigenvalue weighted by Crippen LogP contribution is -2.13. The molecule has 0 aliphatic heterocycles. The molecule has 0 spiro atoms. The number of aromatic amines is 1. The van der Waals surface area contributed by atoms with Crippen molar-refractivity contribution in [1.29, 1.82) is 0 Å². The van der Waals surface area contributed by atoms with Gasteiger partial charge in [-0.3, -0.25) is 4.72 Å². The molecule has 7 nitrogen and oxygen atoms in total. The molecule has 2 N–H and O–H groups in total. The molecule has 2 aromatic heterocycles. The van der Waals surface area contributed by atoms with Crippen molar-refractivity contribution in [3.63, 3.8) is 0 Å². The zero-order valence-electron chi connectivity index (χ0n) is 12.9. The molecule has 0 unspecified atom stereocenters. The molecule has 0 saturated heterocycles. The zero-order valence-corrected chi connectivity index (χ0v) is 13.7. The Bertz CT molecular complexity index is 957. The van der Waals surface area contributed by atoms with E-state index < -0.39 is 10.0 Å². The molecule has 0 saturated carbocycles. The van der Waals surface area contributed by atoms with E-state index in [1.165, 1.54) is 12.3 Å². The summed E-state index contributed by atoms with van der Waals surface area (Å²) in [5.74, 6) is 0.656. The third-order valence-electron chi connectivity index (χ3n) is 3.57. The minimum Gasteiger partial charge on any atom is -0.420 e. The summed E-state index contributed by atoms with van der Waals surface area (Å²) in [7, 11) is -3.70. The molecule has 0 aliphatic rings. The van der Waals surface area contributed by atoms with Crippen LogP contribution in [0.1, 0.15) is 17.0 Å². The number of H-pyrrole nitrogens is 1. The zero-order chi connectivity index (χ0) is 16.6. The smallest absolute Gasteiger partial charge is 0.264 e. The van der Waals surface area contributed by atoms with E-state index in [9.17, 15) is 8.42 Å². The Balaban J connectivity index is 1.91. The fourth-order valence-electron chi connectivity index (χ4n) is 2.12. The fraction of sp³-hybridized carbons (Fsp3) is 0.200. The lowest BCUT2D eigenvalue weighted by atomic mass is 10.1. The summed E-state index contributed by atoms with van der Waals surface area (Å²) in [6.45, 7) is 5.47. The van der Waals surface area contributed by atoms with Crippen LogP contribution >= 0.6 is 0 Å². The molecular weight excluding hydrogens is 316 g/mol. The van der Waals surface area contributed by atoms with E-state index >= 15 is 0 Å². The summed E-state index contributed by atoms with van der Waals surface area (Å²) in [6.07, 6.45) is 1.39. The topological polar surface area (TPSA) is 101 Å². The van der Waals surface area contributed by atoms with Crippen LogP contribution in [0.4, 0.5) is 5.69 Å². The number of hydrogen-bond acceptors (Lipinski definition) is 5. The molecular formula is C15H16N4O3S. The van der Waals surface area contributed by atoms with Crippen LogP contribution in [-0.2, 0) is 10.0 Å². The molecule has 0 radical (unpaired) electrons. The van der Waals surface area contributed by atoms with Gasteiger partial charge in [0.2, 0.25) is 5.89 Å². The second-order valence-electron chi connectivity index (χ2n) is 5.23. The van der Waals surface area contributed by atoms with Gasteiger partial charge in [-0.15, -0.1) is 10.2 Å². The first-order chi connectivity index (χ1) is 10.9. The van der Waals surface area contributed by atoms with E-state index in [1.54, 1.807) is 13.0 Å². The number of nitrogens with zero attached hydrogens (tertiary/aromatic N) is 2. The molecule has 0 bridgehead atoms. The fourth-order valence-corrected chi connectivity index (χ4v) is 3.24. The van der Waals surface area contributed by atoms with Crippen LogP contribution in [0.5, 0.6) is 0 Å². The summed E-state index contributed by atoms with van der Waals surface area (Å²) in [5, 5.41) is 7.58. The summed E-state index contributed by atoms with van der Waals surface area (Å²) in [4.78, 5) is 2.94. The molecule has 0 amide bonds. The van der Waals surface area contributed by atoms with E-state index in [2.05, 4.69) is 19.9 Å². The first-order valence-electron chi connectivity index (χ1n) is 6.95. The van der Waals surface area contributed by atoms with Crippen molar-refractivity contribution >= 4 is 15.7 Å². The van der Waals surface area contributed by atoms with Crippen molar-refractivity contribution in [2.75, 3.05) is 4.72 Å². The van der Waals surface area contributed by atoms with Crippen molar-refractivity contribution in [2.45, 2.75) is 25.7 Å². The standard InChI is InChI=1S/C15H16N4O3S/c1-9-5-4-6-13(10(9)2)19-23(20,21)12-7-14(16-8-12)15-18-17-11(3)22-15/h4-8,16,19H,1-3H3. The third-order valence-corrected chi connectivity index (χ3v) is 4.92. The SMILES string of the molecule is Cc1nnc(-c2cc(S(=O)(=O)Nc3cccc(C)c3C)c[nH]2)o1. The van der Waals surface area contributed by atoms with Crippen LogP contribution in [0.25, 0.3) is 11.6 Å². The molecule has 23 heavy (non-hydrogen) atoms. The minimum absolute atomic E-state index is 0.101. The van der Waals surface area contributed by atoms with Crippen molar-refractivity contribution in [2.24, 2.45) is 0 Å². The Hall–Kier alpha value is -2.61. The van der Waals surface area contributed by atoms with E-state index in [-0.39, 0.29) is 10.8 Å². The Morgan fingerprint density at radius 3 is 2.65 bits per heavy atom. The third kappa shape index (κ3) is 2.98. The van der Waals surface area contributed by atoms with Gasteiger partial charge in [-0.1, -0.05) is 12.1 Å². The molecule has 2 heterocycles. The van der Waals surface area contributed by atoms with Gasteiger partial charge in [-0.05, 0) is 37.1 Å². The Kier molecular flexibility index (Phi) is 3.69. The maximum Gasteiger partial charge on any atom is 0.264 e. The predicted octanol–water partition coefficient (Wildman–Crippen LogP) is 2.79. The largest absolute Gasteiger partial charge is 0.420 e. The second-order valence-corrected chi connectivity index (χ2v) is 6.91. The summed E-state index contributed by atoms with van der Waals surface area (Å²) < 4.78 is 32.9. The lowest BCUT2D eigenvalue weighted by molar-refractivity contribution is 0.531. The average Bonchev–Trinajstić information content (AvgIpc) is 3.12. The van der Waals surface area contributed by atoms with Gasteiger partial charge in [-0.2, -0.15) is 0 Å². The van der Waals surface area contributed by atoms with Crippen LogP contribution in [0.15, 0.2) is 39.8 Å². The number of benzene rings is 1. The van der Waals surface area contributed by atoms with Gasteiger partial charge in [0.15, 0.2) is 0 Å². The van der Waals surface area contributed by atoms with Gasteiger partial charge in [0.25, 0.3) is 15.9 Å². The number of rotatable bonds is 4. The highest BCUT2D eigenvalue weighted by Gasteiger charge is 2.19. The number of nitrogens with one attached hydrogen (secondary N) is 2. The molecule has 8 heteroatoms. The number of aryl methyl sites for hydroxylation is 2. The molecule has 0 aliphatic carbocycles. The highest BCUT2D eigenvalue weighted by Crippen LogP contribution is 2.24. The molecule has 3 rings (SSSR count). The Labute approximate surface area is 133 Å². The molecule has 0 fully saturated rings. The first-order valence-corrected chi connectivity index (χ1v) is 8.43. The molecule has 120 valence electrons. The normalized spacial score (nSPS) is 11.6. The van der Waals surface area contributed by atoms with Gasteiger partial charge >= 0.3 is 0 Å². The average molecular weight is 332 g/mol. The Morgan fingerprint density at radius 2 is 1.96 bits per heavy atom. The molecule has 3 aromatic rings. The lowest BCUT2D eigenvalue weighted by Gasteiger charge is -2.11. The predicted molar refractivity (Wildman–Crippen MR) is 85.5 cm³/mol.